The van der Waals surface area contributed by atoms with E-state index in [0.717, 1.165) is 11.3 Å². The Hall–Kier alpha value is -2.20. The van der Waals surface area contributed by atoms with Crippen LogP contribution in [0, 0.1) is 0 Å². The topological polar surface area (TPSA) is 55.6 Å². The molecule has 0 spiro atoms. The van der Waals surface area contributed by atoms with Crippen LogP contribution in [0.4, 0.5) is 11.4 Å². The van der Waals surface area contributed by atoms with E-state index in [9.17, 15) is 4.79 Å². The maximum atomic E-state index is 12.3. The van der Waals surface area contributed by atoms with Gasteiger partial charge in [0.2, 0.25) is 5.91 Å². The maximum absolute atomic E-state index is 12.3. The number of nitrogens with two attached hydrogens (primary N) is 1. The molecular weight excluding hydrogens is 288 g/mol. The number of nitrogen functional groups attached to an aromatic ring is 1. The molecule has 0 aliphatic carbocycles. The lowest BCUT2D eigenvalue weighted by Crippen LogP contribution is -2.28. The summed E-state index contributed by atoms with van der Waals surface area (Å²) in [5.41, 5.74) is 7.93. The van der Waals surface area contributed by atoms with Crippen LogP contribution in [-0.4, -0.2) is 20.1 Å². The summed E-state index contributed by atoms with van der Waals surface area (Å²) in [6.45, 7) is 0. The number of ether oxygens (including phenoxy) is 1. The SMILES string of the molecule is COc1ccc(CC(=O)N(C)c2cc(Cl)ccc2N)cc1. The Labute approximate surface area is 129 Å². The molecule has 110 valence electrons. The molecule has 0 heterocycles. The van der Waals surface area contributed by atoms with Gasteiger partial charge in [0.05, 0.1) is 24.9 Å². The monoisotopic (exact) mass is 304 g/mol. The van der Waals surface area contributed by atoms with Crippen molar-refractivity contribution in [1.82, 2.24) is 0 Å². The van der Waals surface area contributed by atoms with Gasteiger partial charge < -0.3 is 15.4 Å². The second-order valence-corrected chi connectivity index (χ2v) is 5.12. The summed E-state index contributed by atoms with van der Waals surface area (Å²) in [5, 5.41) is 0.545. The van der Waals surface area contributed by atoms with E-state index in [1.54, 1.807) is 32.4 Å². The van der Waals surface area contributed by atoms with Crippen LogP contribution < -0.4 is 15.4 Å². The van der Waals surface area contributed by atoms with E-state index in [1.165, 1.54) is 4.90 Å². The van der Waals surface area contributed by atoms with E-state index in [0.29, 0.717) is 16.4 Å². The molecule has 0 aliphatic heterocycles. The number of nitrogens with zero attached hydrogens (tertiary/aromatic N) is 1. The van der Waals surface area contributed by atoms with Crippen LogP contribution in [0.3, 0.4) is 0 Å². The van der Waals surface area contributed by atoms with E-state index in [-0.39, 0.29) is 12.3 Å². The van der Waals surface area contributed by atoms with E-state index in [2.05, 4.69) is 0 Å². The summed E-state index contributed by atoms with van der Waals surface area (Å²) in [6, 6.07) is 12.5. The highest BCUT2D eigenvalue weighted by atomic mass is 35.5. The predicted octanol–water partition coefficient (Wildman–Crippen LogP) is 3.14. The van der Waals surface area contributed by atoms with Crippen molar-refractivity contribution in [2.24, 2.45) is 0 Å². The smallest absolute Gasteiger partial charge is 0.231 e. The van der Waals surface area contributed by atoms with Crippen LogP contribution in [0.25, 0.3) is 0 Å². The molecule has 0 fully saturated rings. The summed E-state index contributed by atoms with van der Waals surface area (Å²) < 4.78 is 5.09. The normalized spacial score (nSPS) is 10.2. The van der Waals surface area contributed by atoms with Crippen LogP contribution >= 0.6 is 11.6 Å². The molecule has 2 aromatic carbocycles. The molecule has 0 aromatic heterocycles. The number of carbonyl (C=O) groups is 1. The van der Waals surface area contributed by atoms with E-state index < -0.39 is 0 Å². The number of amides is 1. The number of carbonyl (C=O) groups excluding carboxylic acids is 1. The van der Waals surface area contributed by atoms with Crippen molar-refractivity contribution in [3.8, 4) is 5.75 Å². The second kappa shape index (κ2) is 6.50. The van der Waals surface area contributed by atoms with Crippen LogP contribution in [0.2, 0.25) is 5.02 Å². The van der Waals surface area contributed by atoms with Crippen LogP contribution in [-0.2, 0) is 11.2 Å². The average molecular weight is 305 g/mol. The van der Waals surface area contributed by atoms with Crippen LogP contribution in [0.15, 0.2) is 42.5 Å². The molecule has 1 amide bonds. The minimum Gasteiger partial charge on any atom is -0.497 e. The van der Waals surface area contributed by atoms with Gasteiger partial charge in [-0.1, -0.05) is 23.7 Å². The molecule has 4 nitrogen and oxygen atoms in total. The number of hydrogen-bond acceptors (Lipinski definition) is 3. The van der Waals surface area contributed by atoms with Crippen LogP contribution in [0.5, 0.6) is 5.75 Å². The molecule has 0 saturated heterocycles. The summed E-state index contributed by atoms with van der Waals surface area (Å²) in [7, 11) is 3.30. The fraction of sp³-hybridized carbons (Fsp3) is 0.188. The number of benzene rings is 2. The quantitative estimate of drug-likeness (QED) is 0.883. The highest BCUT2D eigenvalue weighted by molar-refractivity contribution is 6.31. The summed E-state index contributed by atoms with van der Waals surface area (Å²) in [4.78, 5) is 13.8. The fourth-order valence-corrected chi connectivity index (χ4v) is 2.14. The standard InChI is InChI=1S/C16H17ClN2O2/c1-19(15-10-12(17)5-8-14(15)18)16(20)9-11-3-6-13(21-2)7-4-11/h3-8,10H,9,18H2,1-2H3. The number of likely N-dealkylation sites (N-methyl/N-ethyl adjacent to an activating group) is 1. The minimum absolute atomic E-state index is 0.0610. The van der Waals surface area contributed by atoms with Gasteiger partial charge in [-0.25, -0.2) is 0 Å². The van der Waals surface area contributed by atoms with Crippen molar-refractivity contribution >= 4 is 28.9 Å². The molecule has 0 unspecified atom stereocenters. The third-order valence-electron chi connectivity index (χ3n) is 3.24. The average Bonchev–Trinajstić information content (AvgIpc) is 2.49. The van der Waals surface area contributed by atoms with Gasteiger partial charge in [0, 0.05) is 12.1 Å². The van der Waals surface area contributed by atoms with Crippen LogP contribution in [0.1, 0.15) is 5.56 Å². The van der Waals surface area contributed by atoms with E-state index in [1.807, 2.05) is 24.3 Å². The Bertz CT molecular complexity index is 641. The summed E-state index contributed by atoms with van der Waals surface area (Å²) in [6.07, 6.45) is 0.284. The lowest BCUT2D eigenvalue weighted by Gasteiger charge is -2.19. The van der Waals surface area contributed by atoms with Crippen molar-refractivity contribution in [2.75, 3.05) is 24.8 Å². The third kappa shape index (κ3) is 3.67. The highest BCUT2D eigenvalue weighted by Crippen LogP contribution is 2.26. The molecule has 2 N–H and O–H groups in total. The summed E-state index contributed by atoms with van der Waals surface area (Å²) in [5.74, 6) is 0.702. The van der Waals surface area contributed by atoms with Gasteiger partial charge in [-0.15, -0.1) is 0 Å². The highest BCUT2D eigenvalue weighted by Gasteiger charge is 2.14. The largest absolute Gasteiger partial charge is 0.497 e. The lowest BCUT2D eigenvalue weighted by atomic mass is 10.1. The molecule has 0 atom stereocenters. The molecule has 0 aliphatic rings. The Morgan fingerprint density at radius 3 is 2.52 bits per heavy atom. The Morgan fingerprint density at radius 2 is 1.90 bits per heavy atom. The molecule has 0 radical (unpaired) electrons. The molecule has 21 heavy (non-hydrogen) atoms. The van der Waals surface area contributed by atoms with Crippen molar-refractivity contribution in [3.05, 3.63) is 53.1 Å². The van der Waals surface area contributed by atoms with Gasteiger partial charge in [0.25, 0.3) is 0 Å². The second-order valence-electron chi connectivity index (χ2n) is 4.68. The Balaban J connectivity index is 2.13. The molecule has 0 bridgehead atoms. The zero-order chi connectivity index (χ0) is 15.4. The Kier molecular flexibility index (Phi) is 4.70. The number of methoxy groups -OCH3 is 1. The Morgan fingerprint density at radius 1 is 1.24 bits per heavy atom. The molecule has 2 rings (SSSR count). The molecule has 2 aromatic rings. The van der Waals surface area contributed by atoms with E-state index in [4.69, 9.17) is 22.1 Å². The van der Waals surface area contributed by atoms with Gasteiger partial charge in [-0.05, 0) is 35.9 Å². The third-order valence-corrected chi connectivity index (χ3v) is 3.48. The summed E-state index contributed by atoms with van der Waals surface area (Å²) >= 11 is 5.95. The van der Waals surface area contributed by atoms with Gasteiger partial charge in [-0.3, -0.25) is 4.79 Å². The van der Waals surface area contributed by atoms with Crippen molar-refractivity contribution in [3.63, 3.8) is 0 Å². The van der Waals surface area contributed by atoms with E-state index >= 15 is 0 Å². The zero-order valence-corrected chi connectivity index (χ0v) is 12.7. The fourth-order valence-electron chi connectivity index (χ4n) is 1.98. The number of halogens is 1. The van der Waals surface area contributed by atoms with Crippen molar-refractivity contribution in [1.29, 1.82) is 0 Å². The van der Waals surface area contributed by atoms with Gasteiger partial charge in [0.1, 0.15) is 5.75 Å². The van der Waals surface area contributed by atoms with Crippen molar-refractivity contribution in [2.45, 2.75) is 6.42 Å². The van der Waals surface area contributed by atoms with Gasteiger partial charge in [0.15, 0.2) is 0 Å². The minimum atomic E-state index is -0.0610. The lowest BCUT2D eigenvalue weighted by molar-refractivity contribution is -0.117. The molecule has 5 heteroatoms. The first-order valence-corrected chi connectivity index (χ1v) is 6.83. The number of anilines is 2. The van der Waals surface area contributed by atoms with Crippen molar-refractivity contribution < 1.29 is 9.53 Å². The number of hydrogen-bond donors (Lipinski definition) is 1. The molecule has 0 saturated carbocycles. The zero-order valence-electron chi connectivity index (χ0n) is 12.0. The first-order chi connectivity index (χ1) is 10.0. The predicted molar refractivity (Wildman–Crippen MR) is 86.0 cm³/mol. The first kappa shape index (κ1) is 15.2. The first-order valence-electron chi connectivity index (χ1n) is 6.46. The maximum Gasteiger partial charge on any atom is 0.231 e. The van der Waals surface area contributed by atoms with Gasteiger partial charge in [-0.2, -0.15) is 0 Å². The van der Waals surface area contributed by atoms with Gasteiger partial charge >= 0.3 is 0 Å². The molecular formula is C16H17ClN2O2. The number of rotatable bonds is 4.